The molecule has 5 nitrogen and oxygen atoms in total. The van der Waals surface area contributed by atoms with E-state index in [1.807, 2.05) is 6.08 Å². The molecule has 12 heavy (non-hydrogen) atoms. The van der Waals surface area contributed by atoms with Crippen molar-refractivity contribution in [2.75, 3.05) is 7.05 Å². The lowest BCUT2D eigenvalue weighted by molar-refractivity contribution is -0.856. The molecule has 0 amide bonds. The average Bonchev–Trinajstić information content (AvgIpc) is 2.60. The molecule has 5 atom stereocenters. The Morgan fingerprint density at radius 2 is 2.17 bits per heavy atom. The Balaban J connectivity index is 2.22. The topological polar surface area (TPSA) is 66.2 Å². The summed E-state index contributed by atoms with van der Waals surface area (Å²) in [6.45, 7) is 0. The van der Waals surface area contributed by atoms with E-state index in [0.29, 0.717) is 0 Å². The molecule has 2 rings (SSSR count). The number of fused-ring (bicyclic) bond motifs is 2. The van der Waals surface area contributed by atoms with Crippen LogP contribution in [0.15, 0.2) is 17.3 Å². The summed E-state index contributed by atoms with van der Waals surface area (Å²) in [6, 6.07) is -0.852. The van der Waals surface area contributed by atoms with Gasteiger partial charge in [-0.2, -0.15) is 4.91 Å². The van der Waals surface area contributed by atoms with Crippen LogP contribution in [0.5, 0.6) is 0 Å². The molecule has 2 aliphatic rings. The van der Waals surface area contributed by atoms with Gasteiger partial charge in [-0.15, -0.1) is 0 Å². The van der Waals surface area contributed by atoms with E-state index in [2.05, 4.69) is 5.18 Å². The van der Waals surface area contributed by atoms with Crippen LogP contribution in [0.4, 0.5) is 0 Å². The Hall–Kier alpha value is -0.780. The molecule has 0 radical (unpaired) electrons. The number of nitroso groups, excluding NO2 is 1. The second kappa shape index (κ2) is 2.62. The van der Waals surface area contributed by atoms with Gasteiger partial charge in [0, 0.05) is 0 Å². The third kappa shape index (κ3) is 0.906. The molecule has 5 unspecified atom stereocenters. The van der Waals surface area contributed by atoms with Crippen molar-refractivity contribution in [3.05, 3.63) is 22.3 Å². The van der Waals surface area contributed by atoms with Gasteiger partial charge in [0.05, 0.1) is 7.05 Å². The van der Waals surface area contributed by atoms with Crippen LogP contribution in [-0.4, -0.2) is 31.3 Å². The number of ether oxygens (including phenoxy) is 1. The second-order valence-electron chi connectivity index (χ2n) is 3.18. The van der Waals surface area contributed by atoms with Gasteiger partial charge in [0.25, 0.3) is 0 Å². The highest BCUT2D eigenvalue weighted by Gasteiger charge is 2.50. The summed E-state index contributed by atoms with van der Waals surface area (Å²) in [7, 11) is 1.47. The molecule has 1 fully saturated rings. The van der Waals surface area contributed by atoms with Crippen LogP contribution in [-0.2, 0) is 4.74 Å². The van der Waals surface area contributed by atoms with E-state index >= 15 is 0 Å². The van der Waals surface area contributed by atoms with Gasteiger partial charge >= 0.3 is 0 Å². The van der Waals surface area contributed by atoms with E-state index in [-0.39, 0.29) is 23.3 Å². The molecule has 0 aromatic carbocycles. The number of nitrogens with zero attached hydrogens (tertiary/aromatic N) is 1. The van der Waals surface area contributed by atoms with Gasteiger partial charge in [0.15, 0.2) is 6.04 Å². The number of quaternary nitrogens is 1. The molecule has 2 heterocycles. The van der Waals surface area contributed by atoms with Crippen molar-refractivity contribution in [3.8, 4) is 0 Å². The van der Waals surface area contributed by atoms with Crippen molar-refractivity contribution in [2.24, 2.45) is 5.18 Å². The SMILES string of the molecule is C[NH+]([O-])C1C2C=CC(O2)C1N=O. The number of rotatable bonds is 2. The van der Waals surface area contributed by atoms with Crippen LogP contribution in [0.2, 0.25) is 0 Å². The Bertz CT molecular complexity index is 229. The van der Waals surface area contributed by atoms with Crippen LogP contribution in [0, 0.1) is 10.1 Å². The zero-order valence-electron chi connectivity index (χ0n) is 6.64. The van der Waals surface area contributed by atoms with Crippen LogP contribution < -0.4 is 5.06 Å². The molecule has 0 aromatic rings. The molecule has 0 aliphatic carbocycles. The molecule has 66 valence electrons. The van der Waals surface area contributed by atoms with Crippen LogP contribution in [0.3, 0.4) is 0 Å². The lowest BCUT2D eigenvalue weighted by Gasteiger charge is -2.29. The summed E-state index contributed by atoms with van der Waals surface area (Å²) in [5.41, 5.74) is 0. The molecule has 5 heteroatoms. The standard InChI is InChI=1S/C7H10N2O3/c1-9(11)7-5-3-2-4(12-5)6(7)8-10/h2-7,9H,1H3. The van der Waals surface area contributed by atoms with Crippen molar-refractivity contribution in [2.45, 2.75) is 24.3 Å². The molecular formula is C7H10N2O3. The third-order valence-corrected chi connectivity index (χ3v) is 2.45. The highest BCUT2D eigenvalue weighted by molar-refractivity contribution is 5.18. The highest BCUT2D eigenvalue weighted by Crippen LogP contribution is 2.29. The normalized spacial score (nSPS) is 46.5. The minimum absolute atomic E-state index is 0.0172. The molecule has 1 N–H and O–H groups in total. The Morgan fingerprint density at radius 3 is 2.67 bits per heavy atom. The maximum atomic E-state index is 11.1. The second-order valence-corrected chi connectivity index (χ2v) is 3.18. The smallest absolute Gasteiger partial charge is 0.176 e. The van der Waals surface area contributed by atoms with E-state index in [1.54, 1.807) is 6.08 Å². The maximum Gasteiger partial charge on any atom is 0.176 e. The highest BCUT2D eigenvalue weighted by atomic mass is 16.5. The van der Waals surface area contributed by atoms with Gasteiger partial charge in [-0.25, -0.2) is 0 Å². The number of nitrogens with one attached hydrogen (secondary N) is 1. The van der Waals surface area contributed by atoms with Gasteiger partial charge in [0.1, 0.15) is 18.2 Å². The number of likely N-dealkylation sites (N-methyl/N-ethyl adjacent to an activating group) is 1. The Labute approximate surface area is 69.5 Å². The Morgan fingerprint density at radius 1 is 1.50 bits per heavy atom. The zero-order chi connectivity index (χ0) is 8.72. The van der Waals surface area contributed by atoms with Crippen molar-refractivity contribution in [1.82, 2.24) is 0 Å². The third-order valence-electron chi connectivity index (χ3n) is 2.45. The van der Waals surface area contributed by atoms with Crippen molar-refractivity contribution in [3.63, 3.8) is 0 Å². The molecular weight excluding hydrogens is 160 g/mol. The quantitative estimate of drug-likeness (QED) is 0.323. The summed E-state index contributed by atoms with van der Waals surface area (Å²) in [6.07, 6.45) is 3.16. The summed E-state index contributed by atoms with van der Waals surface area (Å²) in [4.78, 5) is 10.4. The molecule has 2 aliphatic heterocycles. The first-order valence-electron chi connectivity index (χ1n) is 3.90. The minimum atomic E-state index is -0.502. The zero-order valence-corrected chi connectivity index (χ0v) is 6.64. The number of hydroxylamine groups is 2. The first-order valence-corrected chi connectivity index (χ1v) is 3.90. The van der Waals surface area contributed by atoms with Gasteiger partial charge in [-0.3, -0.25) is 0 Å². The first-order chi connectivity index (χ1) is 5.74. The van der Waals surface area contributed by atoms with Gasteiger partial charge < -0.3 is 15.0 Å². The fraction of sp³-hybridized carbons (Fsp3) is 0.714. The largest absolute Gasteiger partial charge is 0.634 e. The van der Waals surface area contributed by atoms with Gasteiger partial charge in [-0.05, 0) is 0 Å². The van der Waals surface area contributed by atoms with Crippen molar-refractivity contribution >= 4 is 0 Å². The molecule has 0 saturated carbocycles. The first kappa shape index (κ1) is 7.85. The monoisotopic (exact) mass is 170 g/mol. The molecule has 0 spiro atoms. The fourth-order valence-corrected chi connectivity index (χ4v) is 1.89. The van der Waals surface area contributed by atoms with E-state index in [0.717, 1.165) is 0 Å². The average molecular weight is 170 g/mol. The lowest BCUT2D eigenvalue weighted by Crippen LogP contribution is -3.11. The number of hydrogen-bond donors (Lipinski definition) is 1. The van der Waals surface area contributed by atoms with Gasteiger partial charge in [-0.1, -0.05) is 17.3 Å². The molecule has 0 aromatic heterocycles. The van der Waals surface area contributed by atoms with Crippen molar-refractivity contribution < 1.29 is 9.80 Å². The predicted molar refractivity (Wildman–Crippen MR) is 41.4 cm³/mol. The Kier molecular flexibility index (Phi) is 1.71. The lowest BCUT2D eigenvalue weighted by atomic mass is 9.97. The summed E-state index contributed by atoms with van der Waals surface area (Å²) < 4.78 is 5.32. The fourth-order valence-electron chi connectivity index (χ4n) is 1.89. The van der Waals surface area contributed by atoms with Crippen LogP contribution in [0.1, 0.15) is 0 Å². The minimum Gasteiger partial charge on any atom is -0.634 e. The number of hydrogen-bond acceptors (Lipinski definition) is 4. The van der Waals surface area contributed by atoms with Crippen LogP contribution in [0.25, 0.3) is 0 Å². The molecule has 1 saturated heterocycles. The molecule has 2 bridgehead atoms. The summed E-state index contributed by atoms with van der Waals surface area (Å²) in [5, 5.41) is 14.0. The van der Waals surface area contributed by atoms with E-state index in [4.69, 9.17) is 4.74 Å². The van der Waals surface area contributed by atoms with Crippen LogP contribution >= 0.6 is 0 Å². The summed E-state index contributed by atoms with van der Waals surface area (Å²) in [5.74, 6) is 0. The summed E-state index contributed by atoms with van der Waals surface area (Å²) >= 11 is 0. The maximum absolute atomic E-state index is 11.1. The van der Waals surface area contributed by atoms with E-state index in [9.17, 15) is 10.1 Å². The van der Waals surface area contributed by atoms with Crippen molar-refractivity contribution in [1.29, 1.82) is 0 Å². The van der Waals surface area contributed by atoms with E-state index < -0.39 is 6.04 Å². The predicted octanol–water partition coefficient (Wildman–Crippen LogP) is -1.16. The van der Waals surface area contributed by atoms with Gasteiger partial charge in [0.2, 0.25) is 0 Å². The van der Waals surface area contributed by atoms with E-state index in [1.165, 1.54) is 7.05 Å².